The van der Waals surface area contributed by atoms with Gasteiger partial charge < -0.3 is 9.47 Å². The molecule has 1 aromatic rings. The third-order valence-electron chi connectivity index (χ3n) is 3.73. The average Bonchev–Trinajstić information content (AvgIpc) is 2.88. The largest absolute Gasteiger partial charge is 0.493 e. The van der Waals surface area contributed by atoms with Crippen LogP contribution in [0.15, 0.2) is 16.6 Å². The van der Waals surface area contributed by atoms with Gasteiger partial charge in [0.1, 0.15) is 11.9 Å². The number of ketones is 1. The number of ether oxygens (including phenoxy) is 2. The van der Waals surface area contributed by atoms with Crippen molar-refractivity contribution >= 4 is 21.7 Å². The fourth-order valence-corrected chi connectivity index (χ4v) is 3.33. The highest BCUT2D eigenvalue weighted by Crippen LogP contribution is 2.33. The molecular formula is C15H17BrO3. The first-order chi connectivity index (χ1) is 9.24. The topological polar surface area (TPSA) is 35.5 Å². The lowest BCUT2D eigenvalue weighted by molar-refractivity contribution is -0.132. The van der Waals surface area contributed by atoms with Crippen molar-refractivity contribution in [3.8, 4) is 5.75 Å². The molecule has 4 heteroatoms. The summed E-state index contributed by atoms with van der Waals surface area (Å²) < 4.78 is 12.2. The van der Waals surface area contributed by atoms with Gasteiger partial charge >= 0.3 is 0 Å². The summed E-state index contributed by atoms with van der Waals surface area (Å²) in [5.41, 5.74) is 2.18. The standard InChI is InChI=1S/C15H17BrO3/c16-12-7-10-4-6-19-15(10)11(8-12)9-13(17)14-3-1-2-5-18-14/h7-8,14H,1-6,9H2. The summed E-state index contributed by atoms with van der Waals surface area (Å²) >= 11 is 3.50. The van der Waals surface area contributed by atoms with Crippen LogP contribution in [0.3, 0.4) is 0 Å². The molecule has 102 valence electrons. The first-order valence-electron chi connectivity index (χ1n) is 6.82. The molecule has 0 aromatic heterocycles. The molecule has 1 saturated heterocycles. The Morgan fingerprint density at radius 3 is 3.00 bits per heavy atom. The molecule has 0 bridgehead atoms. The second kappa shape index (κ2) is 5.63. The quantitative estimate of drug-likeness (QED) is 0.857. The molecule has 0 amide bonds. The lowest BCUT2D eigenvalue weighted by atomic mass is 9.98. The van der Waals surface area contributed by atoms with E-state index in [1.165, 1.54) is 5.56 Å². The van der Waals surface area contributed by atoms with Crippen molar-refractivity contribution in [3.63, 3.8) is 0 Å². The maximum atomic E-state index is 12.3. The minimum atomic E-state index is -0.218. The van der Waals surface area contributed by atoms with Crippen LogP contribution < -0.4 is 4.74 Å². The highest BCUT2D eigenvalue weighted by molar-refractivity contribution is 9.10. The molecule has 2 aliphatic heterocycles. The van der Waals surface area contributed by atoms with E-state index in [1.807, 2.05) is 6.07 Å². The van der Waals surface area contributed by atoms with Gasteiger partial charge in [-0.1, -0.05) is 15.9 Å². The fourth-order valence-electron chi connectivity index (χ4n) is 2.77. The minimum absolute atomic E-state index is 0.176. The van der Waals surface area contributed by atoms with Gasteiger partial charge in [-0.15, -0.1) is 0 Å². The van der Waals surface area contributed by atoms with Crippen LogP contribution in [0.25, 0.3) is 0 Å². The lowest BCUT2D eigenvalue weighted by Gasteiger charge is -2.21. The van der Waals surface area contributed by atoms with E-state index >= 15 is 0 Å². The van der Waals surface area contributed by atoms with E-state index in [0.717, 1.165) is 41.5 Å². The molecular weight excluding hydrogens is 308 g/mol. The maximum Gasteiger partial charge on any atom is 0.166 e. The highest BCUT2D eigenvalue weighted by Gasteiger charge is 2.25. The highest BCUT2D eigenvalue weighted by atomic mass is 79.9. The Morgan fingerprint density at radius 2 is 2.21 bits per heavy atom. The number of Topliss-reactive ketones (excluding diaryl/α,β-unsaturated/α-hetero) is 1. The lowest BCUT2D eigenvalue weighted by Crippen LogP contribution is -2.29. The SMILES string of the molecule is O=C(Cc1cc(Br)cc2c1OCC2)C1CCCCO1. The summed E-state index contributed by atoms with van der Waals surface area (Å²) in [6.07, 6.45) is 4.13. The first kappa shape index (κ1) is 13.1. The van der Waals surface area contributed by atoms with Crippen LogP contribution in [0.4, 0.5) is 0 Å². The minimum Gasteiger partial charge on any atom is -0.493 e. The molecule has 0 aliphatic carbocycles. The van der Waals surface area contributed by atoms with Crippen LogP contribution in [-0.2, 0) is 22.4 Å². The van der Waals surface area contributed by atoms with E-state index in [-0.39, 0.29) is 11.9 Å². The third-order valence-corrected chi connectivity index (χ3v) is 4.19. The summed E-state index contributed by atoms with van der Waals surface area (Å²) in [6, 6.07) is 4.07. The van der Waals surface area contributed by atoms with E-state index in [4.69, 9.17) is 9.47 Å². The van der Waals surface area contributed by atoms with Crippen molar-refractivity contribution in [2.24, 2.45) is 0 Å². The monoisotopic (exact) mass is 324 g/mol. The van der Waals surface area contributed by atoms with E-state index in [0.29, 0.717) is 19.6 Å². The molecule has 1 fully saturated rings. The second-order valence-electron chi connectivity index (χ2n) is 5.15. The molecule has 19 heavy (non-hydrogen) atoms. The summed E-state index contributed by atoms with van der Waals surface area (Å²) in [5, 5.41) is 0. The van der Waals surface area contributed by atoms with Gasteiger partial charge in [-0.3, -0.25) is 4.79 Å². The Bertz CT molecular complexity index is 492. The van der Waals surface area contributed by atoms with E-state index < -0.39 is 0 Å². The van der Waals surface area contributed by atoms with Crippen molar-refractivity contribution in [1.29, 1.82) is 0 Å². The van der Waals surface area contributed by atoms with Crippen LogP contribution >= 0.6 is 15.9 Å². The molecule has 0 N–H and O–H groups in total. The summed E-state index contributed by atoms with van der Waals surface area (Å²) in [4.78, 5) is 12.3. The molecule has 0 spiro atoms. The molecule has 3 nitrogen and oxygen atoms in total. The second-order valence-corrected chi connectivity index (χ2v) is 6.07. The molecule has 1 atom stereocenters. The maximum absolute atomic E-state index is 12.3. The molecule has 0 radical (unpaired) electrons. The van der Waals surface area contributed by atoms with Gasteiger partial charge in [0.2, 0.25) is 0 Å². The van der Waals surface area contributed by atoms with Crippen LogP contribution in [-0.4, -0.2) is 25.1 Å². The molecule has 1 unspecified atom stereocenters. The zero-order valence-electron chi connectivity index (χ0n) is 10.8. The summed E-state index contributed by atoms with van der Waals surface area (Å²) in [7, 11) is 0. The van der Waals surface area contributed by atoms with Crippen LogP contribution in [0.1, 0.15) is 30.4 Å². The van der Waals surface area contributed by atoms with Gasteiger partial charge in [0, 0.05) is 29.5 Å². The normalized spacial score (nSPS) is 21.8. The number of benzene rings is 1. The molecule has 3 rings (SSSR count). The average molecular weight is 325 g/mol. The van der Waals surface area contributed by atoms with Crippen LogP contribution in [0.2, 0.25) is 0 Å². The number of carbonyl (C=O) groups is 1. The summed E-state index contributed by atoms with van der Waals surface area (Å²) in [5.74, 6) is 1.09. The Kier molecular flexibility index (Phi) is 3.89. The zero-order chi connectivity index (χ0) is 13.2. The van der Waals surface area contributed by atoms with Gasteiger partial charge in [-0.25, -0.2) is 0 Å². The fraction of sp³-hybridized carbons (Fsp3) is 0.533. The van der Waals surface area contributed by atoms with E-state index in [9.17, 15) is 4.79 Å². The molecule has 0 saturated carbocycles. The first-order valence-corrected chi connectivity index (χ1v) is 7.62. The van der Waals surface area contributed by atoms with Gasteiger partial charge in [-0.05, 0) is 37.0 Å². The number of fused-ring (bicyclic) bond motifs is 1. The van der Waals surface area contributed by atoms with Crippen molar-refractivity contribution in [3.05, 3.63) is 27.7 Å². The summed E-state index contributed by atoms with van der Waals surface area (Å²) in [6.45, 7) is 1.43. The van der Waals surface area contributed by atoms with Gasteiger partial charge in [0.25, 0.3) is 0 Å². The number of halogens is 1. The van der Waals surface area contributed by atoms with Crippen LogP contribution in [0.5, 0.6) is 5.75 Å². The van der Waals surface area contributed by atoms with Crippen molar-refractivity contribution in [2.45, 2.75) is 38.2 Å². The predicted octanol–water partition coefficient (Wildman–Crippen LogP) is 3.06. The number of hydrogen-bond donors (Lipinski definition) is 0. The van der Waals surface area contributed by atoms with Gasteiger partial charge in [-0.2, -0.15) is 0 Å². The van der Waals surface area contributed by atoms with Crippen molar-refractivity contribution in [2.75, 3.05) is 13.2 Å². The Morgan fingerprint density at radius 1 is 1.32 bits per heavy atom. The van der Waals surface area contributed by atoms with E-state index in [1.54, 1.807) is 0 Å². The van der Waals surface area contributed by atoms with Gasteiger partial charge in [0.05, 0.1) is 6.61 Å². The molecule has 2 heterocycles. The predicted molar refractivity (Wildman–Crippen MR) is 75.6 cm³/mol. The zero-order valence-corrected chi connectivity index (χ0v) is 12.4. The molecule has 1 aromatic carbocycles. The van der Waals surface area contributed by atoms with Gasteiger partial charge in [0.15, 0.2) is 5.78 Å². The number of carbonyl (C=O) groups excluding carboxylic acids is 1. The Hall–Kier alpha value is -0.870. The number of rotatable bonds is 3. The van der Waals surface area contributed by atoms with Crippen molar-refractivity contribution in [1.82, 2.24) is 0 Å². The van der Waals surface area contributed by atoms with Crippen molar-refractivity contribution < 1.29 is 14.3 Å². The third kappa shape index (κ3) is 2.84. The Balaban J connectivity index is 1.77. The van der Waals surface area contributed by atoms with Crippen LogP contribution in [0, 0.1) is 0 Å². The number of hydrogen-bond acceptors (Lipinski definition) is 3. The molecule has 2 aliphatic rings. The smallest absolute Gasteiger partial charge is 0.166 e. The van der Waals surface area contributed by atoms with E-state index in [2.05, 4.69) is 22.0 Å². The Labute approximate surface area is 121 Å².